The number of hydrogen-bond donors (Lipinski definition) is 0. The van der Waals surface area contributed by atoms with Crippen molar-refractivity contribution in [3.8, 4) is 5.75 Å². The summed E-state index contributed by atoms with van der Waals surface area (Å²) < 4.78 is 11.5. The Morgan fingerprint density at radius 1 is 1.20 bits per heavy atom. The van der Waals surface area contributed by atoms with Crippen LogP contribution in [0.4, 0.5) is 0 Å². The minimum atomic E-state index is -0.903. The number of hydrogen-bond acceptors (Lipinski definition) is 4. The highest BCUT2D eigenvalue weighted by Gasteiger charge is 2.36. The molecule has 3 rings (SSSR count). The van der Waals surface area contributed by atoms with Gasteiger partial charge < -0.3 is 14.4 Å². The van der Waals surface area contributed by atoms with Gasteiger partial charge in [-0.3, -0.25) is 9.69 Å². The van der Waals surface area contributed by atoms with E-state index in [1.54, 1.807) is 24.3 Å². The van der Waals surface area contributed by atoms with Crippen LogP contribution in [-0.2, 0) is 9.53 Å². The zero-order valence-electron chi connectivity index (χ0n) is 15.0. The van der Waals surface area contributed by atoms with E-state index in [1.165, 1.54) is 0 Å². The lowest BCUT2D eigenvalue weighted by Gasteiger charge is -2.32. The van der Waals surface area contributed by atoms with Gasteiger partial charge in [0.05, 0.1) is 6.61 Å². The zero-order valence-corrected chi connectivity index (χ0v) is 15.8. The molecule has 1 aromatic carbocycles. The summed E-state index contributed by atoms with van der Waals surface area (Å²) in [5, 5.41) is 0.653. The second kappa shape index (κ2) is 7.94. The maximum atomic E-state index is 13.0. The van der Waals surface area contributed by atoms with E-state index in [4.69, 9.17) is 21.1 Å². The first-order chi connectivity index (χ1) is 12.0. The average Bonchev–Trinajstić information content (AvgIpc) is 3.01. The number of carbonyl (C=O) groups excluding carboxylic acids is 1. The highest BCUT2D eigenvalue weighted by Crippen LogP contribution is 2.23. The Kier molecular flexibility index (Phi) is 5.87. The topological polar surface area (TPSA) is 42.0 Å². The van der Waals surface area contributed by atoms with E-state index in [2.05, 4.69) is 4.90 Å². The molecule has 6 heteroatoms. The molecular formula is C19H27ClN2O3. The predicted molar refractivity (Wildman–Crippen MR) is 98.2 cm³/mol. The van der Waals surface area contributed by atoms with Crippen LogP contribution in [0.25, 0.3) is 0 Å². The normalized spacial score (nSPS) is 22.7. The highest BCUT2D eigenvalue weighted by molar-refractivity contribution is 6.30. The monoisotopic (exact) mass is 366 g/mol. The fourth-order valence-corrected chi connectivity index (χ4v) is 3.66. The largest absolute Gasteiger partial charge is 0.478 e. The van der Waals surface area contributed by atoms with Gasteiger partial charge in [0.25, 0.3) is 5.91 Å². The molecule has 0 radical (unpaired) electrons. The molecule has 2 saturated heterocycles. The quantitative estimate of drug-likeness (QED) is 0.821. The smallest absolute Gasteiger partial charge is 0.266 e. The van der Waals surface area contributed by atoms with Gasteiger partial charge in [-0.1, -0.05) is 11.6 Å². The predicted octanol–water partition coefficient (Wildman–Crippen LogP) is 2.82. The van der Waals surface area contributed by atoms with Gasteiger partial charge in [-0.05, 0) is 51.0 Å². The molecule has 2 aliphatic rings. The van der Waals surface area contributed by atoms with Crippen molar-refractivity contribution in [3.05, 3.63) is 29.3 Å². The Hall–Kier alpha value is -1.30. The van der Waals surface area contributed by atoms with E-state index in [9.17, 15) is 4.79 Å². The van der Waals surface area contributed by atoms with Crippen molar-refractivity contribution in [2.45, 2.75) is 38.3 Å². The first-order valence-electron chi connectivity index (χ1n) is 9.01. The Morgan fingerprint density at radius 2 is 1.96 bits per heavy atom. The molecule has 0 spiro atoms. The molecule has 0 saturated carbocycles. The Bertz CT molecular complexity index is 585. The molecule has 0 N–H and O–H groups in total. The lowest BCUT2D eigenvalue weighted by molar-refractivity contribution is -0.145. The third-order valence-electron chi connectivity index (χ3n) is 4.94. The summed E-state index contributed by atoms with van der Waals surface area (Å²) in [7, 11) is 0. The van der Waals surface area contributed by atoms with Crippen molar-refractivity contribution in [3.63, 3.8) is 0 Å². The fraction of sp³-hybridized carbons (Fsp3) is 0.632. The molecule has 138 valence electrons. The van der Waals surface area contributed by atoms with Gasteiger partial charge >= 0.3 is 0 Å². The Morgan fingerprint density at radius 3 is 2.64 bits per heavy atom. The summed E-state index contributed by atoms with van der Waals surface area (Å²) in [5.74, 6) is 0.689. The second-order valence-corrected chi connectivity index (χ2v) is 7.70. The van der Waals surface area contributed by atoms with Gasteiger partial charge in [0.1, 0.15) is 5.75 Å². The summed E-state index contributed by atoms with van der Waals surface area (Å²) >= 11 is 5.91. The lowest BCUT2D eigenvalue weighted by Crippen LogP contribution is -2.50. The minimum Gasteiger partial charge on any atom is -0.478 e. The molecule has 2 fully saturated rings. The van der Waals surface area contributed by atoms with Gasteiger partial charge in [0.2, 0.25) is 0 Å². The summed E-state index contributed by atoms with van der Waals surface area (Å²) in [5.41, 5.74) is -0.903. The van der Waals surface area contributed by atoms with Crippen molar-refractivity contribution in [1.82, 2.24) is 9.80 Å². The minimum absolute atomic E-state index is 0.0342. The van der Waals surface area contributed by atoms with Crippen LogP contribution in [0.3, 0.4) is 0 Å². The Labute approximate surface area is 154 Å². The summed E-state index contributed by atoms with van der Waals surface area (Å²) in [6, 6.07) is 7.63. The van der Waals surface area contributed by atoms with Crippen molar-refractivity contribution < 1.29 is 14.3 Å². The molecule has 1 amide bonds. The van der Waals surface area contributed by atoms with E-state index in [0.717, 1.165) is 52.2 Å². The molecule has 2 aliphatic heterocycles. The molecule has 0 bridgehead atoms. The standard InChI is InChI=1S/C19H27ClN2O3/c1-19(2,25-17-6-4-15(20)5-7-17)18(23)22-10-3-9-21(11-12-22)16-8-13-24-14-16/h4-7,16H,3,8-14H2,1-2H3. The lowest BCUT2D eigenvalue weighted by atomic mass is 10.1. The van der Waals surface area contributed by atoms with Gasteiger partial charge in [0.15, 0.2) is 5.60 Å². The van der Waals surface area contributed by atoms with Gasteiger partial charge in [0, 0.05) is 43.9 Å². The molecule has 1 unspecified atom stereocenters. The molecule has 1 atom stereocenters. The van der Waals surface area contributed by atoms with E-state index < -0.39 is 5.60 Å². The first kappa shape index (κ1) is 18.5. The van der Waals surface area contributed by atoms with Gasteiger partial charge in [-0.15, -0.1) is 0 Å². The summed E-state index contributed by atoms with van der Waals surface area (Å²) in [6.45, 7) is 8.77. The second-order valence-electron chi connectivity index (χ2n) is 7.27. The molecule has 0 aromatic heterocycles. The number of ether oxygens (including phenoxy) is 2. The zero-order chi connectivity index (χ0) is 17.9. The SMILES string of the molecule is CC(C)(Oc1ccc(Cl)cc1)C(=O)N1CCCN(C2CCOC2)CC1. The number of nitrogens with zero attached hydrogens (tertiary/aromatic N) is 2. The van der Waals surface area contributed by atoms with Gasteiger partial charge in [-0.2, -0.15) is 0 Å². The average molecular weight is 367 g/mol. The number of rotatable bonds is 4. The van der Waals surface area contributed by atoms with Crippen LogP contribution in [0.5, 0.6) is 5.75 Å². The molecular weight excluding hydrogens is 340 g/mol. The molecule has 2 heterocycles. The number of carbonyl (C=O) groups is 1. The summed E-state index contributed by atoms with van der Waals surface area (Å²) in [4.78, 5) is 17.4. The van der Waals surface area contributed by atoms with E-state index in [1.807, 2.05) is 18.7 Å². The van der Waals surface area contributed by atoms with Crippen LogP contribution >= 0.6 is 11.6 Å². The van der Waals surface area contributed by atoms with Crippen molar-refractivity contribution >= 4 is 17.5 Å². The highest BCUT2D eigenvalue weighted by atomic mass is 35.5. The van der Waals surface area contributed by atoms with Gasteiger partial charge in [-0.25, -0.2) is 0 Å². The van der Waals surface area contributed by atoms with Crippen LogP contribution in [-0.4, -0.2) is 66.7 Å². The third kappa shape index (κ3) is 4.66. The van der Waals surface area contributed by atoms with Crippen LogP contribution in [0, 0.1) is 0 Å². The maximum absolute atomic E-state index is 13.0. The van der Waals surface area contributed by atoms with Crippen molar-refractivity contribution in [2.24, 2.45) is 0 Å². The van der Waals surface area contributed by atoms with E-state index >= 15 is 0 Å². The van der Waals surface area contributed by atoms with Crippen molar-refractivity contribution in [2.75, 3.05) is 39.4 Å². The van der Waals surface area contributed by atoms with Crippen molar-refractivity contribution in [1.29, 1.82) is 0 Å². The van der Waals surface area contributed by atoms with E-state index in [-0.39, 0.29) is 5.91 Å². The molecule has 25 heavy (non-hydrogen) atoms. The van der Waals surface area contributed by atoms with Crippen LogP contribution < -0.4 is 4.74 Å². The number of halogens is 1. The molecule has 1 aromatic rings. The number of benzene rings is 1. The van der Waals surface area contributed by atoms with Crippen LogP contribution in [0.2, 0.25) is 5.02 Å². The summed E-state index contributed by atoms with van der Waals surface area (Å²) in [6.07, 6.45) is 2.08. The molecule has 0 aliphatic carbocycles. The maximum Gasteiger partial charge on any atom is 0.266 e. The first-order valence-corrected chi connectivity index (χ1v) is 9.39. The van der Waals surface area contributed by atoms with E-state index in [0.29, 0.717) is 16.8 Å². The van der Waals surface area contributed by atoms with Crippen LogP contribution in [0.15, 0.2) is 24.3 Å². The number of amides is 1. The fourth-order valence-electron chi connectivity index (χ4n) is 3.54. The van der Waals surface area contributed by atoms with Crippen LogP contribution in [0.1, 0.15) is 26.7 Å². The Balaban J connectivity index is 1.59. The third-order valence-corrected chi connectivity index (χ3v) is 5.19. The molecule has 5 nitrogen and oxygen atoms in total.